The van der Waals surface area contributed by atoms with Crippen molar-refractivity contribution in [1.82, 2.24) is 5.32 Å². The van der Waals surface area contributed by atoms with Crippen LogP contribution in [-0.2, 0) is 0 Å². The zero-order valence-corrected chi connectivity index (χ0v) is 13.6. The average Bonchev–Trinajstić information content (AvgIpc) is 2.53. The Balaban J connectivity index is 1.56. The highest BCUT2D eigenvalue weighted by Gasteiger charge is 2.19. The highest BCUT2D eigenvalue weighted by Crippen LogP contribution is 2.31. The van der Waals surface area contributed by atoms with Gasteiger partial charge in [0, 0.05) is 18.0 Å². The first-order valence-electron chi connectivity index (χ1n) is 8.87. The van der Waals surface area contributed by atoms with Gasteiger partial charge in [0.1, 0.15) is 5.75 Å². The number of para-hydroxylation sites is 1. The first kappa shape index (κ1) is 16.4. The van der Waals surface area contributed by atoms with Crippen molar-refractivity contribution in [3.8, 4) is 5.75 Å². The van der Waals surface area contributed by atoms with Crippen LogP contribution >= 0.6 is 0 Å². The Labute approximate surface area is 130 Å². The second kappa shape index (κ2) is 9.83. The molecule has 0 spiro atoms. The number of ether oxygens (including phenoxy) is 1. The largest absolute Gasteiger partial charge is 0.493 e. The standard InChI is InChI=1S/C19H31NO/c1-2-3-4-5-6-7-8-11-15-20-18-14-16-21-19-13-10-9-12-17(18)19/h9-10,12-13,18,20H,2-8,11,14-16H2,1H3. The van der Waals surface area contributed by atoms with Crippen LogP contribution in [0, 0.1) is 0 Å². The molecular formula is C19H31NO. The first-order chi connectivity index (χ1) is 10.4. The lowest BCUT2D eigenvalue weighted by molar-refractivity contribution is 0.252. The minimum absolute atomic E-state index is 0.486. The minimum Gasteiger partial charge on any atom is -0.493 e. The summed E-state index contributed by atoms with van der Waals surface area (Å²) < 4.78 is 5.71. The maximum Gasteiger partial charge on any atom is 0.124 e. The van der Waals surface area contributed by atoms with E-state index in [0.29, 0.717) is 6.04 Å². The molecule has 21 heavy (non-hydrogen) atoms. The van der Waals surface area contributed by atoms with Gasteiger partial charge in [0.25, 0.3) is 0 Å². The number of unbranched alkanes of at least 4 members (excludes halogenated alkanes) is 7. The van der Waals surface area contributed by atoms with Crippen LogP contribution in [0.2, 0.25) is 0 Å². The van der Waals surface area contributed by atoms with E-state index in [0.717, 1.165) is 25.3 Å². The number of benzene rings is 1. The third-order valence-corrected chi connectivity index (χ3v) is 4.38. The van der Waals surface area contributed by atoms with Gasteiger partial charge < -0.3 is 10.1 Å². The molecule has 118 valence electrons. The van der Waals surface area contributed by atoms with Gasteiger partial charge in [0.05, 0.1) is 6.61 Å². The number of nitrogens with one attached hydrogen (secondary N) is 1. The molecular weight excluding hydrogens is 258 g/mol. The average molecular weight is 289 g/mol. The van der Waals surface area contributed by atoms with Gasteiger partial charge in [-0.2, -0.15) is 0 Å². The molecule has 0 bridgehead atoms. The molecule has 1 aliphatic heterocycles. The zero-order valence-electron chi connectivity index (χ0n) is 13.6. The summed E-state index contributed by atoms with van der Waals surface area (Å²) in [5.41, 5.74) is 1.34. The quantitative estimate of drug-likeness (QED) is 0.595. The molecule has 1 heterocycles. The molecule has 1 N–H and O–H groups in total. The van der Waals surface area contributed by atoms with Gasteiger partial charge in [-0.3, -0.25) is 0 Å². The summed E-state index contributed by atoms with van der Waals surface area (Å²) in [5.74, 6) is 1.07. The van der Waals surface area contributed by atoms with Crippen molar-refractivity contribution in [2.24, 2.45) is 0 Å². The van der Waals surface area contributed by atoms with Crippen LogP contribution in [0.1, 0.15) is 76.3 Å². The van der Waals surface area contributed by atoms with E-state index >= 15 is 0 Å². The van der Waals surface area contributed by atoms with Crippen LogP contribution in [0.25, 0.3) is 0 Å². The Morgan fingerprint density at radius 1 is 1.00 bits per heavy atom. The Hall–Kier alpha value is -1.02. The van der Waals surface area contributed by atoms with Gasteiger partial charge in [0.15, 0.2) is 0 Å². The highest BCUT2D eigenvalue weighted by molar-refractivity contribution is 5.37. The molecule has 0 saturated heterocycles. The van der Waals surface area contributed by atoms with E-state index in [9.17, 15) is 0 Å². The molecule has 2 heteroatoms. The maximum atomic E-state index is 5.71. The molecule has 1 aromatic rings. The molecule has 0 radical (unpaired) electrons. The van der Waals surface area contributed by atoms with Crippen LogP contribution in [0.3, 0.4) is 0 Å². The zero-order chi connectivity index (χ0) is 14.8. The van der Waals surface area contributed by atoms with Crippen LogP contribution in [0.15, 0.2) is 24.3 Å². The molecule has 1 atom stereocenters. The number of hydrogen-bond donors (Lipinski definition) is 1. The van der Waals surface area contributed by atoms with Crippen molar-refractivity contribution in [3.63, 3.8) is 0 Å². The molecule has 1 unspecified atom stereocenters. The summed E-state index contributed by atoms with van der Waals surface area (Å²) in [6.45, 7) is 4.25. The van der Waals surface area contributed by atoms with E-state index in [1.165, 1.54) is 56.9 Å². The van der Waals surface area contributed by atoms with Crippen LogP contribution in [-0.4, -0.2) is 13.2 Å². The minimum atomic E-state index is 0.486. The number of rotatable bonds is 10. The predicted molar refractivity (Wildman–Crippen MR) is 89.9 cm³/mol. The van der Waals surface area contributed by atoms with Crippen molar-refractivity contribution in [1.29, 1.82) is 0 Å². The third-order valence-electron chi connectivity index (χ3n) is 4.38. The lowest BCUT2D eigenvalue weighted by Gasteiger charge is -2.26. The Kier molecular flexibility index (Phi) is 7.66. The van der Waals surface area contributed by atoms with E-state index in [2.05, 4.69) is 36.5 Å². The second-order valence-electron chi connectivity index (χ2n) is 6.16. The fraction of sp³-hybridized carbons (Fsp3) is 0.684. The third kappa shape index (κ3) is 5.70. The summed E-state index contributed by atoms with van der Waals surface area (Å²) in [4.78, 5) is 0. The SMILES string of the molecule is CCCCCCCCCCNC1CCOc2ccccc21. The van der Waals surface area contributed by atoms with E-state index in [4.69, 9.17) is 4.74 Å². The van der Waals surface area contributed by atoms with Gasteiger partial charge >= 0.3 is 0 Å². The fourth-order valence-corrected chi connectivity index (χ4v) is 3.09. The topological polar surface area (TPSA) is 21.3 Å². The normalized spacial score (nSPS) is 17.3. The fourth-order valence-electron chi connectivity index (χ4n) is 3.09. The molecule has 1 aliphatic rings. The van der Waals surface area contributed by atoms with Gasteiger partial charge in [-0.05, 0) is 19.0 Å². The van der Waals surface area contributed by atoms with E-state index in [1.54, 1.807) is 0 Å². The Bertz CT molecular complexity index is 391. The van der Waals surface area contributed by atoms with Gasteiger partial charge in [0.2, 0.25) is 0 Å². The monoisotopic (exact) mass is 289 g/mol. The van der Waals surface area contributed by atoms with Gasteiger partial charge in [-0.1, -0.05) is 70.1 Å². The molecule has 2 rings (SSSR count). The Morgan fingerprint density at radius 2 is 1.71 bits per heavy atom. The first-order valence-corrected chi connectivity index (χ1v) is 8.87. The lowest BCUT2D eigenvalue weighted by Crippen LogP contribution is -2.27. The number of fused-ring (bicyclic) bond motifs is 1. The Morgan fingerprint density at radius 3 is 2.52 bits per heavy atom. The van der Waals surface area contributed by atoms with Crippen molar-refractivity contribution in [2.75, 3.05) is 13.2 Å². The van der Waals surface area contributed by atoms with Gasteiger partial charge in [-0.15, -0.1) is 0 Å². The molecule has 1 aromatic carbocycles. The molecule has 0 fully saturated rings. The van der Waals surface area contributed by atoms with E-state index in [-0.39, 0.29) is 0 Å². The molecule has 2 nitrogen and oxygen atoms in total. The van der Waals surface area contributed by atoms with Crippen molar-refractivity contribution >= 4 is 0 Å². The molecule has 0 aromatic heterocycles. The lowest BCUT2D eigenvalue weighted by atomic mass is 10.0. The van der Waals surface area contributed by atoms with Crippen LogP contribution in [0.4, 0.5) is 0 Å². The second-order valence-corrected chi connectivity index (χ2v) is 6.16. The van der Waals surface area contributed by atoms with E-state index in [1.807, 2.05) is 0 Å². The summed E-state index contributed by atoms with van der Waals surface area (Å²) in [6.07, 6.45) is 12.2. The maximum absolute atomic E-state index is 5.71. The summed E-state index contributed by atoms with van der Waals surface area (Å²) in [5, 5.41) is 3.71. The summed E-state index contributed by atoms with van der Waals surface area (Å²) in [6, 6.07) is 8.93. The molecule has 0 saturated carbocycles. The smallest absolute Gasteiger partial charge is 0.124 e. The van der Waals surface area contributed by atoms with Crippen LogP contribution in [0.5, 0.6) is 5.75 Å². The van der Waals surface area contributed by atoms with E-state index < -0.39 is 0 Å². The molecule has 0 aliphatic carbocycles. The van der Waals surface area contributed by atoms with Crippen molar-refractivity contribution < 1.29 is 4.74 Å². The predicted octanol–water partition coefficient (Wildman–Crippen LogP) is 5.24. The van der Waals surface area contributed by atoms with Crippen molar-refractivity contribution in [3.05, 3.63) is 29.8 Å². The van der Waals surface area contributed by atoms with Gasteiger partial charge in [-0.25, -0.2) is 0 Å². The summed E-state index contributed by atoms with van der Waals surface area (Å²) >= 11 is 0. The van der Waals surface area contributed by atoms with Crippen molar-refractivity contribution in [2.45, 2.75) is 70.8 Å². The number of hydrogen-bond acceptors (Lipinski definition) is 2. The highest BCUT2D eigenvalue weighted by atomic mass is 16.5. The van der Waals surface area contributed by atoms with Crippen LogP contribution < -0.4 is 10.1 Å². The molecule has 0 amide bonds. The summed E-state index contributed by atoms with van der Waals surface area (Å²) in [7, 11) is 0.